The van der Waals surface area contributed by atoms with E-state index in [2.05, 4.69) is 0 Å². The van der Waals surface area contributed by atoms with E-state index in [1.807, 2.05) is 24.3 Å². The Morgan fingerprint density at radius 1 is 1.21 bits per heavy atom. The second-order valence-corrected chi connectivity index (χ2v) is 9.29. The average Bonchev–Trinajstić information content (AvgIpc) is 2.69. The van der Waals surface area contributed by atoms with E-state index in [1.165, 1.54) is 29.2 Å². The number of hydroxylamine groups is 1. The molecular formula is C20H24N2O6S. The summed E-state index contributed by atoms with van der Waals surface area (Å²) >= 11 is 0. The van der Waals surface area contributed by atoms with Crippen molar-refractivity contribution in [2.45, 2.75) is 24.6 Å². The van der Waals surface area contributed by atoms with Crippen LogP contribution in [-0.2, 0) is 21.2 Å². The largest absolute Gasteiger partial charge is 0.392 e. The summed E-state index contributed by atoms with van der Waals surface area (Å²) in [5, 5.41) is 17.7. The molecule has 8 nitrogen and oxygen atoms in total. The first-order valence-corrected chi connectivity index (χ1v) is 10.7. The fraction of sp³-hybridized carbons (Fsp3) is 0.300. The van der Waals surface area contributed by atoms with Crippen molar-refractivity contribution in [3.8, 4) is 11.1 Å². The summed E-state index contributed by atoms with van der Waals surface area (Å²) in [7, 11) is -3.83. The van der Waals surface area contributed by atoms with Gasteiger partial charge in [-0.25, -0.2) is 13.9 Å². The van der Waals surface area contributed by atoms with Gasteiger partial charge in [-0.1, -0.05) is 36.4 Å². The number of nitrogens with zero attached hydrogens (tertiary/aromatic N) is 1. The van der Waals surface area contributed by atoms with Crippen LogP contribution < -0.4 is 11.0 Å². The van der Waals surface area contributed by atoms with Gasteiger partial charge in [0, 0.05) is 25.1 Å². The predicted molar refractivity (Wildman–Crippen MR) is 110 cm³/mol. The zero-order chi connectivity index (χ0) is 21.7. The van der Waals surface area contributed by atoms with Crippen molar-refractivity contribution < 1.29 is 23.5 Å². The number of aryl methyl sites for hydroxylation is 1. The molecule has 0 aliphatic carbocycles. The quantitative estimate of drug-likeness (QED) is 0.435. The summed E-state index contributed by atoms with van der Waals surface area (Å²) in [5.41, 5.74) is 3.49. The lowest BCUT2D eigenvalue weighted by Gasteiger charge is -2.25. The van der Waals surface area contributed by atoms with Crippen molar-refractivity contribution in [3.05, 3.63) is 64.6 Å². The van der Waals surface area contributed by atoms with Crippen LogP contribution in [0.5, 0.6) is 0 Å². The fourth-order valence-corrected chi connectivity index (χ4v) is 3.61. The van der Waals surface area contributed by atoms with Crippen LogP contribution in [0.15, 0.2) is 53.5 Å². The van der Waals surface area contributed by atoms with Crippen LogP contribution in [0.2, 0.25) is 0 Å². The molecule has 2 aromatic rings. The molecule has 1 atom stereocenters. The number of pyridine rings is 1. The highest BCUT2D eigenvalue weighted by atomic mass is 32.2. The van der Waals surface area contributed by atoms with Gasteiger partial charge in [-0.3, -0.25) is 14.8 Å². The van der Waals surface area contributed by atoms with Gasteiger partial charge in [0.2, 0.25) is 0 Å². The second-order valence-electron chi connectivity index (χ2n) is 6.85. The lowest BCUT2D eigenvalue weighted by Crippen LogP contribution is -2.49. The molecule has 0 saturated heterocycles. The van der Waals surface area contributed by atoms with Crippen LogP contribution in [0.4, 0.5) is 0 Å². The number of sulfone groups is 1. The number of nitrogens with one attached hydrogen (secondary N) is 1. The van der Waals surface area contributed by atoms with Crippen LogP contribution in [-0.4, -0.2) is 46.8 Å². The first-order valence-electron chi connectivity index (χ1n) is 8.85. The van der Waals surface area contributed by atoms with E-state index in [9.17, 15) is 18.0 Å². The van der Waals surface area contributed by atoms with E-state index in [1.54, 1.807) is 18.2 Å². The number of carbonyl (C=O) groups excluding carboxylic acids is 1. The Kier molecular flexibility index (Phi) is 7.12. The van der Waals surface area contributed by atoms with E-state index >= 15 is 0 Å². The van der Waals surface area contributed by atoms with E-state index in [4.69, 9.17) is 10.3 Å². The molecule has 3 N–H and O–H groups in total. The molecule has 0 fully saturated rings. The summed E-state index contributed by atoms with van der Waals surface area (Å²) in [5.74, 6) is -1.04. The summed E-state index contributed by atoms with van der Waals surface area (Å²) in [4.78, 5) is 24.3. The van der Waals surface area contributed by atoms with Crippen molar-refractivity contribution in [1.82, 2.24) is 10.0 Å². The molecule has 0 radical (unpaired) electrons. The predicted octanol–water partition coefficient (Wildman–Crippen LogP) is 1.22. The summed E-state index contributed by atoms with van der Waals surface area (Å²) in [6.45, 7) is 1.15. The maximum absolute atomic E-state index is 12.5. The zero-order valence-corrected chi connectivity index (χ0v) is 17.0. The number of aromatic nitrogens is 1. The van der Waals surface area contributed by atoms with Gasteiger partial charge < -0.3 is 9.67 Å². The van der Waals surface area contributed by atoms with Crippen molar-refractivity contribution in [3.63, 3.8) is 0 Å². The molecule has 1 amide bonds. The zero-order valence-electron chi connectivity index (χ0n) is 16.2. The number of hydrogen-bond acceptors (Lipinski definition) is 6. The molecule has 0 aliphatic rings. The van der Waals surface area contributed by atoms with Gasteiger partial charge in [-0.2, -0.15) is 0 Å². The molecule has 0 aliphatic heterocycles. The van der Waals surface area contributed by atoms with Gasteiger partial charge in [-0.05, 0) is 36.1 Å². The summed E-state index contributed by atoms with van der Waals surface area (Å²) in [6, 6.07) is 10.6. The van der Waals surface area contributed by atoms with E-state index in [0.29, 0.717) is 5.56 Å². The highest BCUT2D eigenvalue weighted by Crippen LogP contribution is 2.23. The number of amides is 1. The maximum Gasteiger partial charge on any atom is 0.264 e. The van der Waals surface area contributed by atoms with Crippen LogP contribution >= 0.6 is 0 Å². The number of aliphatic hydroxyl groups is 1. The lowest BCUT2D eigenvalue weighted by molar-refractivity contribution is -0.131. The maximum atomic E-state index is 12.5. The Labute approximate surface area is 169 Å². The second kappa shape index (κ2) is 9.17. The standard InChI is InChI=1S/C20H24N2O6S/c1-20(19(25)21-26,29(2,27)28)10-12-22-11-9-17(14-18(22)24)16-7-5-15(6-8-16)4-3-13-23/h3-9,11,14,23,26H,10,12-13H2,1-2H3,(H,21,25)/b4-3+. The molecule has 1 heterocycles. The molecule has 2 rings (SSSR count). The Hall–Kier alpha value is -2.75. The Bertz CT molecular complexity index is 1060. The molecular weight excluding hydrogens is 396 g/mol. The van der Waals surface area contributed by atoms with E-state index in [0.717, 1.165) is 17.4 Å². The molecule has 29 heavy (non-hydrogen) atoms. The van der Waals surface area contributed by atoms with Crippen LogP contribution in [0.3, 0.4) is 0 Å². The third-order valence-corrected chi connectivity index (χ3v) is 6.91. The third-order valence-electron chi connectivity index (χ3n) is 4.89. The van der Waals surface area contributed by atoms with E-state index in [-0.39, 0.29) is 25.1 Å². The monoisotopic (exact) mass is 420 g/mol. The molecule has 9 heteroatoms. The number of carbonyl (C=O) groups is 1. The van der Waals surface area contributed by atoms with Gasteiger partial charge in [0.15, 0.2) is 14.6 Å². The Morgan fingerprint density at radius 2 is 1.86 bits per heavy atom. The van der Waals surface area contributed by atoms with Gasteiger partial charge in [0.1, 0.15) is 0 Å². The van der Waals surface area contributed by atoms with Gasteiger partial charge in [0.25, 0.3) is 11.5 Å². The number of benzene rings is 1. The minimum atomic E-state index is -3.83. The third kappa shape index (κ3) is 5.20. The SMILES string of the molecule is CC(CCn1ccc(-c2ccc(/C=C/CO)cc2)cc1=O)(C(=O)NO)S(C)(=O)=O. The fourth-order valence-electron chi connectivity index (χ4n) is 2.77. The van der Waals surface area contributed by atoms with Crippen LogP contribution in [0, 0.1) is 0 Å². The molecule has 0 bridgehead atoms. The highest BCUT2D eigenvalue weighted by Gasteiger charge is 2.43. The minimum absolute atomic E-state index is 0.0129. The van der Waals surface area contributed by atoms with Crippen molar-refractivity contribution >= 4 is 21.8 Å². The molecule has 1 aromatic carbocycles. The molecule has 1 unspecified atom stereocenters. The molecule has 156 valence electrons. The van der Waals surface area contributed by atoms with Crippen LogP contribution in [0.25, 0.3) is 17.2 Å². The van der Waals surface area contributed by atoms with Crippen LogP contribution in [0.1, 0.15) is 18.9 Å². The number of rotatable bonds is 8. The van der Waals surface area contributed by atoms with Gasteiger partial charge in [0.05, 0.1) is 6.61 Å². The first kappa shape index (κ1) is 22.5. The number of aliphatic hydroxyl groups excluding tert-OH is 1. The Balaban J connectivity index is 2.22. The topological polar surface area (TPSA) is 126 Å². The van der Waals surface area contributed by atoms with Gasteiger partial charge in [-0.15, -0.1) is 0 Å². The lowest BCUT2D eigenvalue weighted by atomic mass is 10.0. The number of hydrogen-bond donors (Lipinski definition) is 3. The van der Waals surface area contributed by atoms with Crippen molar-refractivity contribution in [2.24, 2.45) is 0 Å². The molecule has 1 aromatic heterocycles. The minimum Gasteiger partial charge on any atom is -0.392 e. The van der Waals surface area contributed by atoms with E-state index < -0.39 is 20.5 Å². The average molecular weight is 420 g/mol. The summed E-state index contributed by atoms with van der Waals surface area (Å²) < 4.78 is 23.5. The Morgan fingerprint density at radius 3 is 2.38 bits per heavy atom. The van der Waals surface area contributed by atoms with Crippen molar-refractivity contribution in [1.29, 1.82) is 0 Å². The smallest absolute Gasteiger partial charge is 0.264 e. The summed E-state index contributed by atoms with van der Waals surface area (Å²) in [6.07, 6.45) is 5.67. The first-order chi connectivity index (χ1) is 13.6. The van der Waals surface area contributed by atoms with Gasteiger partial charge >= 0.3 is 0 Å². The highest BCUT2D eigenvalue weighted by molar-refractivity contribution is 7.92. The molecule has 0 spiro atoms. The van der Waals surface area contributed by atoms with Crippen molar-refractivity contribution in [2.75, 3.05) is 12.9 Å². The normalized spacial score (nSPS) is 13.9. The molecule has 0 saturated carbocycles.